The molecule has 0 N–H and O–H groups in total. The van der Waals surface area contributed by atoms with E-state index in [2.05, 4.69) is 4.99 Å². The maximum atomic E-state index is 14.1. The van der Waals surface area contributed by atoms with Crippen LogP contribution < -0.4 is 0 Å². The largest absolute Gasteiger partial charge is 0.500 e. The van der Waals surface area contributed by atoms with E-state index in [0.29, 0.717) is 18.0 Å². The lowest BCUT2D eigenvalue weighted by Crippen LogP contribution is -2.43. The lowest BCUT2D eigenvalue weighted by molar-refractivity contribution is 0.123. The van der Waals surface area contributed by atoms with Crippen LogP contribution >= 0.6 is 0 Å². The molecule has 0 aliphatic carbocycles. The van der Waals surface area contributed by atoms with Crippen LogP contribution in [0.4, 0.5) is 4.39 Å². The van der Waals surface area contributed by atoms with E-state index < -0.39 is 8.80 Å². The van der Waals surface area contributed by atoms with Crippen LogP contribution in [-0.2, 0) is 19.7 Å². The fourth-order valence-corrected chi connectivity index (χ4v) is 3.73. The first kappa shape index (κ1) is 19.0. The van der Waals surface area contributed by atoms with Gasteiger partial charge in [-0.15, -0.1) is 0 Å². The average Bonchev–Trinajstić information content (AvgIpc) is 2.47. The Morgan fingerprint density at radius 3 is 2.23 bits per heavy atom. The summed E-state index contributed by atoms with van der Waals surface area (Å²) in [4.78, 5) is 4.41. The normalized spacial score (nSPS) is 13.0. The second-order valence-corrected chi connectivity index (χ2v) is 9.13. The van der Waals surface area contributed by atoms with E-state index >= 15 is 0 Å². The van der Waals surface area contributed by atoms with Crippen LogP contribution in [-0.4, -0.2) is 41.9 Å². The van der Waals surface area contributed by atoms with Crippen molar-refractivity contribution in [1.82, 2.24) is 0 Å². The number of halogens is 1. The summed E-state index contributed by atoms with van der Waals surface area (Å²) in [6.07, 6.45) is 2.21. The number of benzene rings is 1. The van der Waals surface area contributed by atoms with Gasteiger partial charge >= 0.3 is 8.80 Å². The van der Waals surface area contributed by atoms with Gasteiger partial charge < -0.3 is 13.3 Å². The Hall–Kier alpha value is -1.08. The molecule has 0 spiro atoms. The van der Waals surface area contributed by atoms with Crippen LogP contribution in [0.15, 0.2) is 23.2 Å². The van der Waals surface area contributed by atoms with Crippen LogP contribution in [0, 0.1) is 5.82 Å². The maximum Gasteiger partial charge on any atom is 0.500 e. The Labute approximate surface area is 133 Å². The molecule has 0 saturated carbocycles. The minimum Gasteiger partial charge on any atom is -0.377 e. The van der Waals surface area contributed by atoms with Crippen LogP contribution in [0.25, 0.3) is 0 Å². The van der Waals surface area contributed by atoms with Gasteiger partial charge in [0, 0.05) is 39.2 Å². The minimum atomic E-state index is -2.67. The summed E-state index contributed by atoms with van der Waals surface area (Å²) in [5, 5.41) is 0. The molecule has 0 heterocycles. The second-order valence-electron chi connectivity index (χ2n) is 6.04. The smallest absolute Gasteiger partial charge is 0.377 e. The van der Waals surface area contributed by atoms with Crippen molar-refractivity contribution in [2.45, 2.75) is 38.8 Å². The van der Waals surface area contributed by atoms with Gasteiger partial charge in [0.25, 0.3) is 0 Å². The number of rotatable bonds is 7. The fourth-order valence-electron chi connectivity index (χ4n) is 2.05. The zero-order valence-corrected chi connectivity index (χ0v) is 15.3. The van der Waals surface area contributed by atoms with Gasteiger partial charge in [0.05, 0.1) is 5.54 Å². The molecule has 0 unspecified atom stereocenters. The van der Waals surface area contributed by atoms with Crippen molar-refractivity contribution in [2.75, 3.05) is 21.3 Å². The molecule has 0 amide bonds. The minimum absolute atomic E-state index is 0.246. The van der Waals surface area contributed by atoms with Crippen LogP contribution in [0.1, 0.15) is 31.9 Å². The van der Waals surface area contributed by atoms with Gasteiger partial charge in [-0.2, -0.15) is 0 Å². The second kappa shape index (κ2) is 7.96. The standard InChI is InChI=1S/C16H26FNO3Si/c1-16(2,3)18-12-14-13(8-7-9-15(14)17)10-11-22(19-4,20-5)21-6/h7-9,12H,10-11H2,1-6H3. The molecule has 0 saturated heterocycles. The monoisotopic (exact) mass is 327 g/mol. The molecule has 0 fully saturated rings. The van der Waals surface area contributed by atoms with Crippen molar-refractivity contribution in [2.24, 2.45) is 4.99 Å². The molecule has 1 rings (SSSR count). The van der Waals surface area contributed by atoms with Crippen LogP contribution in [0.5, 0.6) is 0 Å². The zero-order chi connectivity index (χ0) is 16.8. The van der Waals surface area contributed by atoms with Crippen LogP contribution in [0.3, 0.4) is 0 Å². The average molecular weight is 327 g/mol. The molecule has 0 aliphatic rings. The van der Waals surface area contributed by atoms with E-state index in [0.717, 1.165) is 5.56 Å². The molecule has 0 radical (unpaired) electrons. The topological polar surface area (TPSA) is 40.0 Å². The van der Waals surface area contributed by atoms with Gasteiger partial charge in [-0.25, -0.2) is 4.39 Å². The number of hydrogen-bond donors (Lipinski definition) is 0. The first-order valence-corrected chi connectivity index (χ1v) is 9.18. The third-order valence-electron chi connectivity index (χ3n) is 3.36. The van der Waals surface area contributed by atoms with E-state index in [1.54, 1.807) is 33.6 Å². The third kappa shape index (κ3) is 5.28. The van der Waals surface area contributed by atoms with Gasteiger partial charge in [0.1, 0.15) is 5.82 Å². The van der Waals surface area contributed by atoms with Gasteiger partial charge in [-0.05, 0) is 38.8 Å². The van der Waals surface area contributed by atoms with Gasteiger partial charge in [-0.1, -0.05) is 12.1 Å². The molecular formula is C16H26FNO3Si. The van der Waals surface area contributed by atoms with Crippen molar-refractivity contribution < 1.29 is 17.7 Å². The van der Waals surface area contributed by atoms with E-state index in [1.807, 2.05) is 26.8 Å². The lowest BCUT2D eigenvalue weighted by atomic mass is 10.0. The highest BCUT2D eigenvalue weighted by atomic mass is 28.4. The van der Waals surface area contributed by atoms with Crippen molar-refractivity contribution in [3.63, 3.8) is 0 Å². The van der Waals surface area contributed by atoms with E-state index in [1.165, 1.54) is 6.07 Å². The van der Waals surface area contributed by atoms with E-state index in [9.17, 15) is 4.39 Å². The van der Waals surface area contributed by atoms with Crippen molar-refractivity contribution in [3.8, 4) is 0 Å². The highest BCUT2D eigenvalue weighted by Crippen LogP contribution is 2.20. The molecule has 0 bridgehead atoms. The highest BCUT2D eigenvalue weighted by molar-refractivity contribution is 6.60. The van der Waals surface area contributed by atoms with Gasteiger partial charge in [0.15, 0.2) is 0 Å². The maximum absolute atomic E-state index is 14.1. The fraction of sp³-hybridized carbons (Fsp3) is 0.562. The molecule has 0 aliphatic heterocycles. The summed E-state index contributed by atoms with van der Waals surface area (Å²) in [5.74, 6) is -0.273. The number of aliphatic imine (C=N–C) groups is 1. The molecule has 124 valence electrons. The Morgan fingerprint density at radius 1 is 1.14 bits per heavy atom. The summed E-state index contributed by atoms with van der Waals surface area (Å²) in [7, 11) is 2.06. The van der Waals surface area contributed by atoms with Crippen LogP contribution in [0.2, 0.25) is 6.04 Å². The Kier molecular flexibility index (Phi) is 6.86. The van der Waals surface area contributed by atoms with Gasteiger partial charge in [-0.3, -0.25) is 4.99 Å². The molecule has 1 aromatic rings. The Bertz CT molecular complexity index is 502. The molecule has 22 heavy (non-hydrogen) atoms. The summed E-state index contributed by atoms with van der Waals surface area (Å²) in [5.41, 5.74) is 1.14. The highest BCUT2D eigenvalue weighted by Gasteiger charge is 2.37. The first-order chi connectivity index (χ1) is 10.3. The summed E-state index contributed by atoms with van der Waals surface area (Å²) in [6.45, 7) is 5.92. The molecular weight excluding hydrogens is 301 g/mol. The third-order valence-corrected chi connectivity index (χ3v) is 6.09. The zero-order valence-electron chi connectivity index (χ0n) is 14.3. The Morgan fingerprint density at radius 2 is 1.73 bits per heavy atom. The van der Waals surface area contributed by atoms with Crippen molar-refractivity contribution in [3.05, 3.63) is 35.1 Å². The quantitative estimate of drug-likeness (QED) is 0.569. The molecule has 4 nitrogen and oxygen atoms in total. The SMILES string of the molecule is CO[Si](CCc1cccc(F)c1C=NC(C)(C)C)(OC)OC. The summed E-state index contributed by atoms with van der Waals surface area (Å²) >= 11 is 0. The number of aryl methyl sites for hydroxylation is 1. The molecule has 1 aromatic carbocycles. The van der Waals surface area contributed by atoms with E-state index in [-0.39, 0.29) is 11.4 Å². The molecule has 0 aromatic heterocycles. The molecule has 0 atom stereocenters. The number of hydrogen-bond acceptors (Lipinski definition) is 4. The van der Waals surface area contributed by atoms with E-state index in [4.69, 9.17) is 13.3 Å². The lowest BCUT2D eigenvalue weighted by Gasteiger charge is -2.24. The first-order valence-electron chi connectivity index (χ1n) is 7.25. The Balaban J connectivity index is 3.01. The molecule has 6 heteroatoms. The predicted octanol–water partition coefficient (Wildman–Crippen LogP) is 3.46. The predicted molar refractivity (Wildman–Crippen MR) is 89.0 cm³/mol. The van der Waals surface area contributed by atoms with Crippen molar-refractivity contribution in [1.29, 1.82) is 0 Å². The van der Waals surface area contributed by atoms with Gasteiger partial charge in [0.2, 0.25) is 0 Å². The summed E-state index contributed by atoms with van der Waals surface area (Å²) in [6, 6.07) is 5.62. The number of nitrogens with zero attached hydrogens (tertiary/aromatic N) is 1. The summed E-state index contributed by atoms with van der Waals surface area (Å²) < 4.78 is 30.3. The van der Waals surface area contributed by atoms with Crippen molar-refractivity contribution >= 4 is 15.0 Å².